The van der Waals surface area contributed by atoms with Crippen molar-refractivity contribution in [3.8, 4) is 0 Å². The van der Waals surface area contributed by atoms with E-state index in [9.17, 15) is 0 Å². The van der Waals surface area contributed by atoms with E-state index < -0.39 is 0 Å². The molecule has 1 atom stereocenters. The molecule has 1 aromatic rings. The van der Waals surface area contributed by atoms with Crippen LogP contribution < -0.4 is 0 Å². The Balaban J connectivity index is 1.99. The molecule has 1 heterocycles. The quantitative estimate of drug-likeness (QED) is 0.827. The van der Waals surface area contributed by atoms with Crippen LogP contribution in [0.5, 0.6) is 0 Å². The van der Waals surface area contributed by atoms with E-state index in [-0.39, 0.29) is 12.9 Å². The van der Waals surface area contributed by atoms with E-state index in [2.05, 4.69) is 12.1 Å². The number of ether oxygens (including phenoxy) is 2. The second-order valence-electron chi connectivity index (χ2n) is 4.03. The van der Waals surface area contributed by atoms with Crippen LogP contribution in [0.15, 0.2) is 30.3 Å². The number of rotatable bonds is 5. The minimum atomic E-state index is -0.100. The van der Waals surface area contributed by atoms with Crippen molar-refractivity contribution in [2.24, 2.45) is 0 Å². The zero-order chi connectivity index (χ0) is 11.2. The Morgan fingerprint density at radius 1 is 1.19 bits per heavy atom. The van der Waals surface area contributed by atoms with Crippen LogP contribution in [0, 0.1) is 0 Å². The van der Waals surface area contributed by atoms with Gasteiger partial charge >= 0.3 is 0 Å². The van der Waals surface area contributed by atoms with E-state index in [1.54, 1.807) is 0 Å². The molecule has 1 aromatic carbocycles. The third kappa shape index (κ3) is 3.04. The van der Waals surface area contributed by atoms with Gasteiger partial charge in [0.15, 0.2) is 6.29 Å². The molecule has 16 heavy (non-hydrogen) atoms. The highest BCUT2D eigenvalue weighted by Crippen LogP contribution is 2.27. The Labute approximate surface area is 96.0 Å². The van der Waals surface area contributed by atoms with Crippen LogP contribution in [0.1, 0.15) is 24.3 Å². The molecule has 0 spiro atoms. The summed E-state index contributed by atoms with van der Waals surface area (Å²) in [6.07, 6.45) is 1.48. The van der Waals surface area contributed by atoms with Gasteiger partial charge in [0.1, 0.15) is 0 Å². The Hall–Kier alpha value is -0.900. The van der Waals surface area contributed by atoms with Gasteiger partial charge in [0.25, 0.3) is 0 Å². The van der Waals surface area contributed by atoms with Crippen LogP contribution in [-0.2, 0) is 9.47 Å². The molecule has 1 N–H and O–H groups in total. The van der Waals surface area contributed by atoms with E-state index in [0.29, 0.717) is 19.1 Å². The lowest BCUT2D eigenvalue weighted by molar-refractivity contribution is -0.0521. The number of aliphatic hydroxyl groups excluding tert-OH is 1. The fraction of sp³-hybridized carbons (Fsp3) is 0.538. The fourth-order valence-electron chi connectivity index (χ4n) is 2.08. The van der Waals surface area contributed by atoms with Gasteiger partial charge in [-0.1, -0.05) is 30.3 Å². The summed E-state index contributed by atoms with van der Waals surface area (Å²) >= 11 is 0. The van der Waals surface area contributed by atoms with Crippen LogP contribution in [0.25, 0.3) is 0 Å². The molecule has 0 aromatic heterocycles. The lowest BCUT2D eigenvalue weighted by Crippen LogP contribution is -2.14. The molecule has 88 valence electrons. The minimum Gasteiger partial charge on any atom is -0.396 e. The predicted molar refractivity (Wildman–Crippen MR) is 61.2 cm³/mol. The van der Waals surface area contributed by atoms with Gasteiger partial charge in [0.05, 0.1) is 13.2 Å². The van der Waals surface area contributed by atoms with Gasteiger partial charge < -0.3 is 14.6 Å². The summed E-state index contributed by atoms with van der Waals surface area (Å²) in [5.41, 5.74) is 1.25. The Morgan fingerprint density at radius 3 is 2.50 bits per heavy atom. The third-order valence-electron chi connectivity index (χ3n) is 2.92. The van der Waals surface area contributed by atoms with Crippen molar-refractivity contribution in [2.45, 2.75) is 25.0 Å². The SMILES string of the molecule is OCCC(CC1OCCO1)c1ccccc1. The maximum absolute atomic E-state index is 9.09. The largest absolute Gasteiger partial charge is 0.396 e. The maximum Gasteiger partial charge on any atom is 0.158 e. The Kier molecular flexibility index (Phi) is 4.34. The van der Waals surface area contributed by atoms with E-state index in [1.807, 2.05) is 18.2 Å². The molecule has 0 bridgehead atoms. The average molecular weight is 222 g/mol. The first-order valence-electron chi connectivity index (χ1n) is 5.79. The predicted octanol–water partition coefficient (Wildman–Crippen LogP) is 1.92. The summed E-state index contributed by atoms with van der Waals surface area (Å²) in [7, 11) is 0. The summed E-state index contributed by atoms with van der Waals surface area (Å²) in [6, 6.07) is 10.2. The molecule has 1 fully saturated rings. The highest BCUT2D eigenvalue weighted by Gasteiger charge is 2.22. The number of hydrogen-bond donors (Lipinski definition) is 1. The van der Waals surface area contributed by atoms with Crippen LogP contribution in [-0.4, -0.2) is 31.2 Å². The number of aliphatic hydroxyl groups is 1. The van der Waals surface area contributed by atoms with Gasteiger partial charge in [-0.05, 0) is 17.9 Å². The van der Waals surface area contributed by atoms with Gasteiger partial charge in [0, 0.05) is 13.0 Å². The topological polar surface area (TPSA) is 38.7 Å². The van der Waals surface area contributed by atoms with E-state index >= 15 is 0 Å². The molecule has 0 aliphatic carbocycles. The summed E-state index contributed by atoms with van der Waals surface area (Å²) in [5.74, 6) is 0.314. The maximum atomic E-state index is 9.09. The van der Waals surface area contributed by atoms with Gasteiger partial charge in [-0.25, -0.2) is 0 Å². The molecule has 0 radical (unpaired) electrons. The number of benzene rings is 1. The van der Waals surface area contributed by atoms with Gasteiger partial charge in [-0.2, -0.15) is 0 Å². The van der Waals surface area contributed by atoms with Crippen LogP contribution in [0.4, 0.5) is 0 Å². The van der Waals surface area contributed by atoms with Crippen molar-refractivity contribution in [1.82, 2.24) is 0 Å². The first kappa shape index (κ1) is 11.6. The van der Waals surface area contributed by atoms with Crippen LogP contribution in [0.2, 0.25) is 0 Å². The normalized spacial score (nSPS) is 18.8. The lowest BCUT2D eigenvalue weighted by Gasteiger charge is -2.19. The molecular weight excluding hydrogens is 204 g/mol. The molecule has 2 rings (SSSR count). The Bertz CT molecular complexity index is 293. The van der Waals surface area contributed by atoms with Crippen molar-refractivity contribution in [2.75, 3.05) is 19.8 Å². The second kappa shape index (κ2) is 5.99. The summed E-state index contributed by atoms with van der Waals surface area (Å²) in [6.45, 7) is 1.57. The number of hydrogen-bond acceptors (Lipinski definition) is 3. The monoisotopic (exact) mass is 222 g/mol. The molecule has 3 nitrogen and oxygen atoms in total. The van der Waals surface area contributed by atoms with Gasteiger partial charge in [0.2, 0.25) is 0 Å². The average Bonchev–Trinajstić information content (AvgIpc) is 2.83. The zero-order valence-electron chi connectivity index (χ0n) is 9.34. The molecule has 3 heteroatoms. The van der Waals surface area contributed by atoms with E-state index in [0.717, 1.165) is 12.8 Å². The Morgan fingerprint density at radius 2 is 1.88 bits per heavy atom. The van der Waals surface area contributed by atoms with Crippen molar-refractivity contribution in [3.63, 3.8) is 0 Å². The first-order chi connectivity index (χ1) is 7.90. The highest BCUT2D eigenvalue weighted by atomic mass is 16.7. The fourth-order valence-corrected chi connectivity index (χ4v) is 2.08. The van der Waals surface area contributed by atoms with Gasteiger partial charge in [-0.3, -0.25) is 0 Å². The molecular formula is C13H18O3. The smallest absolute Gasteiger partial charge is 0.158 e. The van der Waals surface area contributed by atoms with Crippen LogP contribution >= 0.6 is 0 Å². The summed E-state index contributed by atoms with van der Waals surface area (Å²) in [5, 5.41) is 9.09. The molecule has 1 saturated heterocycles. The molecule has 0 saturated carbocycles. The van der Waals surface area contributed by atoms with E-state index in [4.69, 9.17) is 14.6 Å². The zero-order valence-corrected chi connectivity index (χ0v) is 9.34. The van der Waals surface area contributed by atoms with Crippen molar-refractivity contribution < 1.29 is 14.6 Å². The van der Waals surface area contributed by atoms with Crippen LogP contribution in [0.3, 0.4) is 0 Å². The lowest BCUT2D eigenvalue weighted by atomic mass is 9.92. The standard InChI is InChI=1S/C13H18O3/c14-7-6-12(10-13-15-8-9-16-13)11-4-2-1-3-5-11/h1-5,12-14H,6-10H2. The molecule has 1 aliphatic rings. The minimum absolute atomic E-state index is 0.100. The second-order valence-corrected chi connectivity index (χ2v) is 4.03. The summed E-state index contributed by atoms with van der Waals surface area (Å²) < 4.78 is 10.9. The van der Waals surface area contributed by atoms with Gasteiger partial charge in [-0.15, -0.1) is 0 Å². The third-order valence-corrected chi connectivity index (χ3v) is 2.92. The van der Waals surface area contributed by atoms with E-state index in [1.165, 1.54) is 5.56 Å². The van der Waals surface area contributed by atoms with Crippen molar-refractivity contribution in [3.05, 3.63) is 35.9 Å². The first-order valence-corrected chi connectivity index (χ1v) is 5.79. The highest BCUT2D eigenvalue weighted by molar-refractivity contribution is 5.19. The molecule has 0 amide bonds. The molecule has 1 unspecified atom stereocenters. The van der Waals surface area contributed by atoms with Crippen molar-refractivity contribution >= 4 is 0 Å². The van der Waals surface area contributed by atoms with Crippen molar-refractivity contribution in [1.29, 1.82) is 0 Å². The summed E-state index contributed by atoms with van der Waals surface area (Å²) in [4.78, 5) is 0. The molecule has 1 aliphatic heterocycles.